The summed E-state index contributed by atoms with van der Waals surface area (Å²) in [5.74, 6) is 2.58. The molecule has 0 spiro atoms. The van der Waals surface area contributed by atoms with E-state index in [4.69, 9.17) is 4.74 Å². The zero-order valence-corrected chi connectivity index (χ0v) is 17.0. The van der Waals surface area contributed by atoms with Crippen LogP contribution < -0.4 is 0 Å². The number of carbonyl (C=O) groups is 1. The highest BCUT2D eigenvalue weighted by Crippen LogP contribution is 2.72. The third-order valence-corrected chi connectivity index (χ3v) is 9.54. The molecular formula is C23H35NO3. The molecule has 7 atom stereocenters. The van der Waals surface area contributed by atoms with Gasteiger partial charge in [0.25, 0.3) is 0 Å². The molecule has 0 aromatic carbocycles. The maximum atomic E-state index is 12.2. The van der Waals surface area contributed by atoms with Crippen molar-refractivity contribution in [3.05, 3.63) is 11.6 Å². The molecule has 4 heteroatoms. The van der Waals surface area contributed by atoms with Crippen LogP contribution in [-0.4, -0.2) is 48.8 Å². The number of ether oxygens (including phenoxy) is 1. The zero-order valence-electron chi connectivity index (χ0n) is 17.0. The van der Waals surface area contributed by atoms with Gasteiger partial charge in [0.2, 0.25) is 0 Å². The fourth-order valence-corrected chi connectivity index (χ4v) is 8.60. The number of aliphatic hydroxyl groups excluding tert-OH is 1. The minimum absolute atomic E-state index is 0.0236. The molecule has 2 aliphatic heterocycles. The molecule has 0 aromatic rings. The summed E-state index contributed by atoms with van der Waals surface area (Å²) < 4.78 is 5.06. The van der Waals surface area contributed by atoms with Crippen LogP contribution in [0.1, 0.15) is 58.3 Å². The largest absolute Gasteiger partial charge is 0.469 e. The van der Waals surface area contributed by atoms with E-state index in [1.54, 1.807) is 5.57 Å². The van der Waals surface area contributed by atoms with Crippen molar-refractivity contribution in [3.63, 3.8) is 0 Å². The van der Waals surface area contributed by atoms with E-state index in [0.717, 1.165) is 25.3 Å². The maximum Gasteiger partial charge on any atom is 0.305 e. The third kappa shape index (κ3) is 2.20. The molecule has 2 unspecified atom stereocenters. The monoisotopic (exact) mass is 373 g/mol. The number of methoxy groups -OCH3 is 1. The predicted octanol–water partition coefficient (Wildman–Crippen LogP) is 3.40. The Morgan fingerprint density at radius 3 is 2.93 bits per heavy atom. The molecule has 27 heavy (non-hydrogen) atoms. The minimum atomic E-state index is -0.0903. The van der Waals surface area contributed by atoms with Crippen LogP contribution in [0.4, 0.5) is 0 Å². The van der Waals surface area contributed by atoms with E-state index in [0.29, 0.717) is 30.2 Å². The average molecular weight is 374 g/mol. The van der Waals surface area contributed by atoms with Gasteiger partial charge in [-0.15, -0.1) is 0 Å². The molecule has 4 fully saturated rings. The van der Waals surface area contributed by atoms with Gasteiger partial charge in [-0.25, -0.2) is 0 Å². The van der Waals surface area contributed by atoms with Crippen LogP contribution in [0.2, 0.25) is 0 Å². The number of hydrogen-bond donors (Lipinski definition) is 1. The number of esters is 1. The summed E-state index contributed by atoms with van der Waals surface area (Å²) in [4.78, 5) is 15.0. The van der Waals surface area contributed by atoms with Gasteiger partial charge in [-0.05, 0) is 68.6 Å². The Labute approximate surface area is 163 Å². The van der Waals surface area contributed by atoms with Gasteiger partial charge in [0.1, 0.15) is 0 Å². The Balaban J connectivity index is 1.70. The molecule has 5 aliphatic rings. The van der Waals surface area contributed by atoms with Gasteiger partial charge < -0.3 is 9.84 Å². The van der Waals surface area contributed by atoms with Gasteiger partial charge in [0.05, 0.1) is 7.11 Å². The van der Waals surface area contributed by atoms with Crippen LogP contribution in [0, 0.1) is 34.5 Å². The second-order valence-electron chi connectivity index (χ2n) is 10.1. The number of nitrogens with zero attached hydrogens (tertiary/aromatic N) is 1. The summed E-state index contributed by atoms with van der Waals surface area (Å²) >= 11 is 0. The first-order valence-electron chi connectivity index (χ1n) is 11.2. The summed E-state index contributed by atoms with van der Waals surface area (Å²) in [6.07, 6.45) is 11.2. The lowest BCUT2D eigenvalue weighted by atomic mass is 9.42. The summed E-state index contributed by atoms with van der Waals surface area (Å²) in [5.41, 5.74) is 1.58. The molecule has 4 bridgehead atoms. The molecular weight excluding hydrogens is 338 g/mol. The summed E-state index contributed by atoms with van der Waals surface area (Å²) in [6, 6.07) is 0.513. The first kappa shape index (κ1) is 18.2. The smallest absolute Gasteiger partial charge is 0.305 e. The Morgan fingerprint density at radius 1 is 1.30 bits per heavy atom. The van der Waals surface area contributed by atoms with Crippen LogP contribution in [0.15, 0.2) is 11.6 Å². The van der Waals surface area contributed by atoms with Gasteiger partial charge in [0.15, 0.2) is 0 Å². The lowest BCUT2D eigenvalue weighted by Gasteiger charge is -2.67. The predicted molar refractivity (Wildman–Crippen MR) is 104 cm³/mol. The van der Waals surface area contributed by atoms with Crippen molar-refractivity contribution in [3.8, 4) is 0 Å². The average Bonchev–Trinajstić information content (AvgIpc) is 3.26. The fourth-order valence-electron chi connectivity index (χ4n) is 8.60. The topological polar surface area (TPSA) is 49.8 Å². The number of piperidine rings is 1. The lowest BCUT2D eigenvalue weighted by molar-refractivity contribution is -0.176. The molecule has 4 nitrogen and oxygen atoms in total. The van der Waals surface area contributed by atoms with Crippen molar-refractivity contribution in [2.75, 3.05) is 26.8 Å². The summed E-state index contributed by atoms with van der Waals surface area (Å²) in [6.45, 7) is 5.08. The number of rotatable bonds is 4. The summed E-state index contributed by atoms with van der Waals surface area (Å²) in [7, 11) is 1.51. The molecule has 1 N–H and O–H groups in total. The quantitative estimate of drug-likeness (QED) is 0.606. The second-order valence-corrected chi connectivity index (χ2v) is 10.1. The number of fused-ring (bicyclic) bond motifs is 1. The van der Waals surface area contributed by atoms with Crippen LogP contribution >= 0.6 is 0 Å². The van der Waals surface area contributed by atoms with Gasteiger partial charge in [-0.2, -0.15) is 0 Å². The van der Waals surface area contributed by atoms with E-state index in [9.17, 15) is 9.90 Å². The van der Waals surface area contributed by atoms with Crippen molar-refractivity contribution >= 4 is 5.97 Å². The normalized spacial score (nSPS) is 48.0. The number of allylic oxidation sites excluding steroid dienone is 1. The highest BCUT2D eigenvalue weighted by atomic mass is 16.5. The molecule has 0 radical (unpaired) electrons. The minimum Gasteiger partial charge on any atom is -0.469 e. The Hall–Kier alpha value is -0.870. The summed E-state index contributed by atoms with van der Waals surface area (Å²) in [5, 5.41) is 10.9. The molecule has 5 rings (SSSR count). The van der Waals surface area contributed by atoms with E-state index in [-0.39, 0.29) is 23.4 Å². The van der Waals surface area contributed by atoms with Crippen LogP contribution in [0.3, 0.4) is 0 Å². The molecule has 150 valence electrons. The van der Waals surface area contributed by atoms with Gasteiger partial charge in [-0.3, -0.25) is 9.69 Å². The van der Waals surface area contributed by atoms with Gasteiger partial charge in [-0.1, -0.05) is 18.6 Å². The van der Waals surface area contributed by atoms with Crippen molar-refractivity contribution < 1.29 is 14.6 Å². The van der Waals surface area contributed by atoms with E-state index in [1.807, 2.05) is 0 Å². The molecule has 2 heterocycles. The van der Waals surface area contributed by atoms with Crippen LogP contribution in [-0.2, 0) is 9.53 Å². The van der Waals surface area contributed by atoms with Crippen molar-refractivity contribution in [1.29, 1.82) is 0 Å². The van der Waals surface area contributed by atoms with Crippen molar-refractivity contribution in [2.24, 2.45) is 34.5 Å². The first-order valence-corrected chi connectivity index (χ1v) is 11.2. The van der Waals surface area contributed by atoms with Crippen molar-refractivity contribution in [2.45, 2.75) is 64.3 Å². The second kappa shape index (κ2) is 6.32. The third-order valence-electron chi connectivity index (χ3n) is 9.54. The molecule has 3 aliphatic carbocycles. The SMILES string of the molecule is COC(=O)CC[C@@]12C3=CCC[C@@H]3CC[C@@H]3CN4C[C@@H](C)C(CC[C@]31CO)C42. The van der Waals surface area contributed by atoms with Crippen molar-refractivity contribution in [1.82, 2.24) is 4.90 Å². The standard InChI is InChI=1S/C23H35NO3/c1-15-12-24-13-17-7-6-16-4-3-5-19(16)23(11-9-20(26)27-2)21(24)18(15)8-10-22(17,23)14-25/h5,15-18,21,25H,3-4,6-14H2,1-2H3/t15-,16-,17-,18?,21?,22+,23+/m1/s1. The van der Waals surface area contributed by atoms with E-state index in [2.05, 4.69) is 17.9 Å². The highest BCUT2D eigenvalue weighted by molar-refractivity contribution is 5.69. The zero-order chi connectivity index (χ0) is 18.8. The fraction of sp³-hybridized carbons (Fsp3) is 0.870. The Morgan fingerprint density at radius 2 is 2.15 bits per heavy atom. The number of hydrogen-bond acceptors (Lipinski definition) is 4. The van der Waals surface area contributed by atoms with E-state index in [1.165, 1.54) is 45.8 Å². The first-order chi connectivity index (χ1) is 13.1. The Bertz CT molecular complexity index is 660. The molecule has 2 saturated heterocycles. The number of aliphatic hydroxyl groups is 1. The van der Waals surface area contributed by atoms with E-state index < -0.39 is 0 Å². The van der Waals surface area contributed by atoms with Gasteiger partial charge in [0, 0.05) is 43.0 Å². The lowest BCUT2D eigenvalue weighted by Crippen LogP contribution is -2.69. The number of carbonyl (C=O) groups excluding carboxylic acids is 1. The van der Waals surface area contributed by atoms with Gasteiger partial charge >= 0.3 is 5.97 Å². The van der Waals surface area contributed by atoms with E-state index >= 15 is 0 Å². The highest BCUT2D eigenvalue weighted by Gasteiger charge is 2.71. The van der Waals surface area contributed by atoms with Crippen LogP contribution in [0.5, 0.6) is 0 Å². The molecule has 2 saturated carbocycles. The maximum absolute atomic E-state index is 12.2. The molecule has 0 amide bonds. The Kier molecular flexibility index (Phi) is 4.25. The molecule has 0 aromatic heterocycles. The van der Waals surface area contributed by atoms with Crippen LogP contribution in [0.25, 0.3) is 0 Å².